The highest BCUT2D eigenvalue weighted by Gasteiger charge is 2.26. The van der Waals surface area contributed by atoms with E-state index in [0.717, 1.165) is 25.9 Å². The van der Waals surface area contributed by atoms with Crippen molar-refractivity contribution in [1.29, 1.82) is 0 Å². The summed E-state index contributed by atoms with van der Waals surface area (Å²) in [5.41, 5.74) is 0. The topological polar surface area (TPSA) is 49.4 Å². The maximum atomic E-state index is 11.8. The van der Waals surface area contributed by atoms with Crippen LogP contribution in [0.2, 0.25) is 0 Å². The SMILES string of the molecule is CC(=O)N1CCCC(C(=O)NCC(C)C)C1. The van der Waals surface area contributed by atoms with E-state index < -0.39 is 0 Å². The Labute approximate surface area is 97.4 Å². The summed E-state index contributed by atoms with van der Waals surface area (Å²) in [6.45, 7) is 7.80. The van der Waals surface area contributed by atoms with Gasteiger partial charge in [-0.1, -0.05) is 13.8 Å². The van der Waals surface area contributed by atoms with Gasteiger partial charge in [0.15, 0.2) is 0 Å². The normalized spacial score (nSPS) is 21.0. The lowest BCUT2D eigenvalue weighted by Gasteiger charge is -2.31. The largest absolute Gasteiger partial charge is 0.356 e. The predicted molar refractivity (Wildman–Crippen MR) is 62.8 cm³/mol. The van der Waals surface area contributed by atoms with Gasteiger partial charge < -0.3 is 10.2 Å². The number of rotatable bonds is 3. The molecule has 0 saturated carbocycles. The van der Waals surface area contributed by atoms with Crippen LogP contribution in [0.3, 0.4) is 0 Å². The first-order chi connectivity index (χ1) is 7.50. The summed E-state index contributed by atoms with van der Waals surface area (Å²) >= 11 is 0. The van der Waals surface area contributed by atoms with Crippen molar-refractivity contribution >= 4 is 11.8 Å². The molecule has 1 unspecified atom stereocenters. The standard InChI is InChI=1S/C12H22N2O2/c1-9(2)7-13-12(16)11-5-4-6-14(8-11)10(3)15/h9,11H,4-8H2,1-3H3,(H,13,16). The predicted octanol–water partition coefficient (Wildman–Crippen LogP) is 1.02. The van der Waals surface area contributed by atoms with Crippen LogP contribution in [0.25, 0.3) is 0 Å². The zero-order chi connectivity index (χ0) is 12.1. The lowest BCUT2D eigenvalue weighted by molar-refractivity contribution is -0.134. The Hall–Kier alpha value is -1.06. The average molecular weight is 226 g/mol. The molecule has 92 valence electrons. The Morgan fingerprint density at radius 3 is 2.69 bits per heavy atom. The highest BCUT2D eigenvalue weighted by Crippen LogP contribution is 2.16. The maximum Gasteiger partial charge on any atom is 0.224 e. The molecule has 1 fully saturated rings. The summed E-state index contributed by atoms with van der Waals surface area (Å²) in [6.07, 6.45) is 1.83. The van der Waals surface area contributed by atoms with Crippen LogP contribution in [-0.2, 0) is 9.59 Å². The van der Waals surface area contributed by atoms with E-state index in [1.54, 1.807) is 11.8 Å². The number of likely N-dealkylation sites (tertiary alicyclic amines) is 1. The molecule has 0 aliphatic carbocycles. The van der Waals surface area contributed by atoms with Crippen LogP contribution in [0.1, 0.15) is 33.6 Å². The van der Waals surface area contributed by atoms with Crippen molar-refractivity contribution in [3.05, 3.63) is 0 Å². The molecular formula is C12H22N2O2. The molecule has 4 nitrogen and oxygen atoms in total. The first-order valence-corrected chi connectivity index (χ1v) is 6.04. The Kier molecular flexibility index (Phi) is 4.77. The lowest BCUT2D eigenvalue weighted by atomic mass is 9.97. The van der Waals surface area contributed by atoms with Crippen molar-refractivity contribution in [2.75, 3.05) is 19.6 Å². The van der Waals surface area contributed by atoms with Crippen molar-refractivity contribution in [3.8, 4) is 0 Å². The molecule has 0 aromatic carbocycles. The van der Waals surface area contributed by atoms with Gasteiger partial charge in [-0.15, -0.1) is 0 Å². The minimum atomic E-state index is -0.0172. The van der Waals surface area contributed by atoms with Gasteiger partial charge in [-0.3, -0.25) is 9.59 Å². The maximum absolute atomic E-state index is 11.8. The van der Waals surface area contributed by atoms with Crippen LogP contribution >= 0.6 is 0 Å². The quantitative estimate of drug-likeness (QED) is 0.781. The minimum Gasteiger partial charge on any atom is -0.356 e. The van der Waals surface area contributed by atoms with E-state index in [1.807, 2.05) is 0 Å². The molecule has 0 spiro atoms. The Morgan fingerprint density at radius 1 is 1.44 bits per heavy atom. The summed E-state index contributed by atoms with van der Waals surface area (Å²) in [4.78, 5) is 24.8. The highest BCUT2D eigenvalue weighted by molar-refractivity contribution is 5.80. The third kappa shape index (κ3) is 3.83. The fraction of sp³-hybridized carbons (Fsp3) is 0.833. The summed E-state index contributed by atoms with van der Waals surface area (Å²) in [5.74, 6) is 0.619. The van der Waals surface area contributed by atoms with Gasteiger partial charge in [-0.05, 0) is 18.8 Å². The molecule has 1 rings (SSSR count). The molecule has 0 bridgehead atoms. The molecule has 0 radical (unpaired) electrons. The summed E-state index contributed by atoms with van der Waals surface area (Å²) < 4.78 is 0. The molecule has 1 aliphatic heterocycles. The third-order valence-electron chi connectivity index (χ3n) is 2.92. The number of amides is 2. The number of nitrogens with one attached hydrogen (secondary N) is 1. The minimum absolute atomic E-state index is 0.0172. The monoisotopic (exact) mass is 226 g/mol. The van der Waals surface area contributed by atoms with Crippen molar-refractivity contribution in [3.63, 3.8) is 0 Å². The second-order valence-corrected chi connectivity index (χ2v) is 4.94. The number of carbonyl (C=O) groups is 2. The summed E-state index contributed by atoms with van der Waals surface area (Å²) in [7, 11) is 0. The zero-order valence-corrected chi connectivity index (χ0v) is 10.5. The number of hydrogen-bond donors (Lipinski definition) is 1. The molecule has 4 heteroatoms. The number of carbonyl (C=O) groups excluding carboxylic acids is 2. The van der Waals surface area contributed by atoms with Gasteiger partial charge in [-0.2, -0.15) is 0 Å². The van der Waals surface area contributed by atoms with E-state index in [4.69, 9.17) is 0 Å². The van der Waals surface area contributed by atoms with E-state index in [-0.39, 0.29) is 17.7 Å². The molecule has 1 saturated heterocycles. The molecule has 2 amide bonds. The molecule has 16 heavy (non-hydrogen) atoms. The van der Waals surface area contributed by atoms with Gasteiger partial charge in [0, 0.05) is 26.6 Å². The molecule has 1 N–H and O–H groups in total. The van der Waals surface area contributed by atoms with Crippen molar-refractivity contribution < 1.29 is 9.59 Å². The molecule has 1 heterocycles. The number of piperidine rings is 1. The smallest absolute Gasteiger partial charge is 0.224 e. The summed E-state index contributed by atoms with van der Waals surface area (Å²) in [6, 6.07) is 0. The third-order valence-corrected chi connectivity index (χ3v) is 2.92. The Morgan fingerprint density at radius 2 is 2.12 bits per heavy atom. The van der Waals surface area contributed by atoms with Crippen molar-refractivity contribution in [1.82, 2.24) is 10.2 Å². The van der Waals surface area contributed by atoms with E-state index in [1.165, 1.54) is 0 Å². The van der Waals surface area contributed by atoms with Crippen molar-refractivity contribution in [2.24, 2.45) is 11.8 Å². The second kappa shape index (κ2) is 5.87. The van der Waals surface area contributed by atoms with Crippen molar-refractivity contribution in [2.45, 2.75) is 33.6 Å². The van der Waals surface area contributed by atoms with Crippen LogP contribution in [0.15, 0.2) is 0 Å². The van der Waals surface area contributed by atoms with Gasteiger partial charge in [-0.25, -0.2) is 0 Å². The van der Waals surface area contributed by atoms with Gasteiger partial charge in [0.1, 0.15) is 0 Å². The molecule has 0 aromatic rings. The average Bonchev–Trinajstić information content (AvgIpc) is 2.26. The number of nitrogens with zero attached hydrogens (tertiary/aromatic N) is 1. The summed E-state index contributed by atoms with van der Waals surface area (Å²) in [5, 5.41) is 2.93. The van der Waals surface area contributed by atoms with E-state index in [2.05, 4.69) is 19.2 Å². The first kappa shape index (κ1) is 13.0. The Bertz CT molecular complexity index is 264. The number of hydrogen-bond acceptors (Lipinski definition) is 2. The molecule has 1 atom stereocenters. The van der Waals surface area contributed by atoms with Gasteiger partial charge in [0.2, 0.25) is 11.8 Å². The van der Waals surface area contributed by atoms with Gasteiger partial charge in [0.05, 0.1) is 5.92 Å². The molecular weight excluding hydrogens is 204 g/mol. The van der Waals surface area contributed by atoms with Crippen LogP contribution in [0.4, 0.5) is 0 Å². The zero-order valence-electron chi connectivity index (χ0n) is 10.5. The lowest BCUT2D eigenvalue weighted by Crippen LogP contribution is -2.45. The molecule has 0 aromatic heterocycles. The first-order valence-electron chi connectivity index (χ1n) is 6.04. The Balaban J connectivity index is 2.41. The molecule has 1 aliphatic rings. The van der Waals surface area contributed by atoms with Gasteiger partial charge in [0.25, 0.3) is 0 Å². The van der Waals surface area contributed by atoms with Crippen LogP contribution < -0.4 is 5.32 Å². The second-order valence-electron chi connectivity index (χ2n) is 4.94. The van der Waals surface area contributed by atoms with E-state index in [9.17, 15) is 9.59 Å². The fourth-order valence-corrected chi connectivity index (χ4v) is 1.93. The van der Waals surface area contributed by atoms with E-state index >= 15 is 0 Å². The fourth-order valence-electron chi connectivity index (χ4n) is 1.93. The van der Waals surface area contributed by atoms with Crippen LogP contribution in [0.5, 0.6) is 0 Å². The van der Waals surface area contributed by atoms with Gasteiger partial charge >= 0.3 is 0 Å². The highest BCUT2D eigenvalue weighted by atomic mass is 16.2. The van der Waals surface area contributed by atoms with Crippen LogP contribution in [0, 0.1) is 11.8 Å². The van der Waals surface area contributed by atoms with E-state index in [0.29, 0.717) is 12.5 Å². The van der Waals surface area contributed by atoms with Crippen LogP contribution in [-0.4, -0.2) is 36.3 Å².